The largest absolute Gasteiger partial charge is 0.496 e. The molecule has 0 saturated carbocycles. The zero-order valence-corrected chi connectivity index (χ0v) is 14.8. The molecule has 1 aliphatic rings. The molecule has 0 radical (unpaired) electrons. The second kappa shape index (κ2) is 8.18. The standard InChI is InChI=1S/C20H19N3O4/c1-27-17-8-3-2-6-15(17)9-10-18(24)22-16-7-4-5-14(11-16)13-23-19(25)12-21-20(23)26/h2-11H,12-13H2,1H3,(H,21,26)(H,22,24)/b10-9+. The summed E-state index contributed by atoms with van der Waals surface area (Å²) in [5.74, 6) is 0.110. The van der Waals surface area contributed by atoms with Crippen LogP contribution in [0.1, 0.15) is 11.1 Å². The van der Waals surface area contributed by atoms with E-state index in [1.807, 2.05) is 24.3 Å². The zero-order chi connectivity index (χ0) is 19.2. The van der Waals surface area contributed by atoms with Crippen LogP contribution >= 0.6 is 0 Å². The third-order valence-corrected chi connectivity index (χ3v) is 4.03. The lowest BCUT2D eigenvalue weighted by Gasteiger charge is -2.13. The summed E-state index contributed by atoms with van der Waals surface area (Å²) in [6, 6.07) is 14.0. The molecule has 0 spiro atoms. The Labute approximate surface area is 156 Å². The Hall–Kier alpha value is -3.61. The maximum Gasteiger partial charge on any atom is 0.324 e. The molecule has 1 heterocycles. The van der Waals surface area contributed by atoms with Gasteiger partial charge in [-0.25, -0.2) is 4.79 Å². The van der Waals surface area contributed by atoms with Crippen molar-refractivity contribution in [3.05, 3.63) is 65.7 Å². The Bertz CT molecular complexity index is 892. The molecule has 3 rings (SSSR count). The van der Waals surface area contributed by atoms with Gasteiger partial charge < -0.3 is 15.4 Å². The monoisotopic (exact) mass is 365 g/mol. The third kappa shape index (κ3) is 4.52. The SMILES string of the molecule is COc1ccccc1/C=C/C(=O)Nc1cccc(CN2C(=O)CNC2=O)c1. The van der Waals surface area contributed by atoms with Crippen molar-refractivity contribution in [3.8, 4) is 5.75 Å². The number of anilines is 1. The highest BCUT2D eigenvalue weighted by Gasteiger charge is 2.28. The van der Waals surface area contributed by atoms with Gasteiger partial charge in [0.1, 0.15) is 5.75 Å². The van der Waals surface area contributed by atoms with Crippen LogP contribution in [-0.2, 0) is 16.1 Å². The quantitative estimate of drug-likeness (QED) is 0.608. The number of rotatable bonds is 6. The highest BCUT2D eigenvalue weighted by molar-refractivity contribution is 6.03. The summed E-state index contributed by atoms with van der Waals surface area (Å²) in [4.78, 5) is 36.6. The first-order valence-electron chi connectivity index (χ1n) is 8.36. The van der Waals surface area contributed by atoms with Crippen LogP contribution in [0.4, 0.5) is 10.5 Å². The first kappa shape index (κ1) is 18.2. The third-order valence-electron chi connectivity index (χ3n) is 4.03. The summed E-state index contributed by atoms with van der Waals surface area (Å²) in [7, 11) is 1.57. The molecular weight excluding hydrogens is 346 g/mol. The molecule has 0 aliphatic carbocycles. The molecule has 0 aromatic heterocycles. The van der Waals surface area contributed by atoms with E-state index in [0.29, 0.717) is 11.4 Å². The Morgan fingerprint density at radius 3 is 2.78 bits per heavy atom. The van der Waals surface area contributed by atoms with Gasteiger partial charge in [-0.2, -0.15) is 0 Å². The van der Waals surface area contributed by atoms with Crippen molar-refractivity contribution in [1.29, 1.82) is 0 Å². The minimum atomic E-state index is -0.408. The van der Waals surface area contributed by atoms with E-state index in [1.54, 1.807) is 37.5 Å². The van der Waals surface area contributed by atoms with Gasteiger partial charge in [-0.05, 0) is 29.8 Å². The number of methoxy groups -OCH3 is 1. The number of ether oxygens (including phenoxy) is 1. The fourth-order valence-corrected chi connectivity index (χ4v) is 2.70. The fourth-order valence-electron chi connectivity index (χ4n) is 2.70. The molecule has 7 heteroatoms. The number of urea groups is 1. The number of carbonyl (C=O) groups is 3. The molecule has 138 valence electrons. The number of amides is 4. The van der Waals surface area contributed by atoms with Crippen LogP contribution in [0.25, 0.3) is 6.08 Å². The summed E-state index contributed by atoms with van der Waals surface area (Å²) >= 11 is 0. The first-order valence-corrected chi connectivity index (χ1v) is 8.36. The van der Waals surface area contributed by atoms with Crippen LogP contribution in [0.5, 0.6) is 5.75 Å². The Morgan fingerprint density at radius 1 is 1.22 bits per heavy atom. The van der Waals surface area contributed by atoms with Gasteiger partial charge in [0, 0.05) is 17.3 Å². The second-order valence-electron chi connectivity index (χ2n) is 5.90. The van der Waals surface area contributed by atoms with Crippen molar-refractivity contribution in [2.24, 2.45) is 0 Å². The van der Waals surface area contributed by atoms with Crippen LogP contribution in [0, 0.1) is 0 Å². The summed E-state index contributed by atoms with van der Waals surface area (Å²) < 4.78 is 5.24. The van der Waals surface area contributed by atoms with E-state index in [-0.39, 0.29) is 24.9 Å². The molecule has 0 unspecified atom stereocenters. The number of nitrogens with zero attached hydrogens (tertiary/aromatic N) is 1. The predicted molar refractivity (Wildman–Crippen MR) is 101 cm³/mol. The van der Waals surface area contributed by atoms with Crippen LogP contribution in [0.3, 0.4) is 0 Å². The summed E-state index contributed by atoms with van der Waals surface area (Å²) in [6.45, 7) is 0.175. The number of hydrogen-bond acceptors (Lipinski definition) is 4. The number of hydrogen-bond donors (Lipinski definition) is 2. The van der Waals surface area contributed by atoms with Gasteiger partial charge in [-0.3, -0.25) is 14.5 Å². The minimum absolute atomic E-state index is 0.0169. The van der Waals surface area contributed by atoms with Crippen molar-refractivity contribution in [1.82, 2.24) is 10.2 Å². The highest BCUT2D eigenvalue weighted by atomic mass is 16.5. The molecule has 0 atom stereocenters. The second-order valence-corrected chi connectivity index (χ2v) is 5.90. The van der Waals surface area contributed by atoms with Crippen molar-refractivity contribution in [3.63, 3.8) is 0 Å². The van der Waals surface area contributed by atoms with Crippen LogP contribution < -0.4 is 15.4 Å². The average Bonchev–Trinajstić information content (AvgIpc) is 2.99. The van der Waals surface area contributed by atoms with Crippen molar-refractivity contribution >= 4 is 29.6 Å². The van der Waals surface area contributed by atoms with Crippen LogP contribution in [0.15, 0.2) is 54.6 Å². The summed E-state index contributed by atoms with van der Waals surface area (Å²) in [6.07, 6.45) is 3.09. The molecule has 2 aromatic rings. The molecule has 4 amide bonds. The molecule has 2 N–H and O–H groups in total. The van der Waals surface area contributed by atoms with E-state index in [2.05, 4.69) is 10.6 Å². The first-order chi connectivity index (χ1) is 13.1. The lowest BCUT2D eigenvalue weighted by atomic mass is 10.1. The van der Waals surface area contributed by atoms with Crippen LogP contribution in [-0.4, -0.2) is 36.4 Å². The van der Waals surface area contributed by atoms with E-state index in [4.69, 9.17) is 4.74 Å². The predicted octanol–water partition coefficient (Wildman–Crippen LogP) is 2.40. The lowest BCUT2D eigenvalue weighted by Crippen LogP contribution is -2.30. The summed E-state index contributed by atoms with van der Waals surface area (Å²) in [5, 5.41) is 5.24. The van der Waals surface area contributed by atoms with Gasteiger partial charge in [-0.1, -0.05) is 30.3 Å². The van der Waals surface area contributed by atoms with Crippen molar-refractivity contribution in [2.45, 2.75) is 6.54 Å². The molecule has 0 bridgehead atoms. The Balaban J connectivity index is 1.65. The number of carbonyl (C=O) groups excluding carboxylic acids is 3. The van der Waals surface area contributed by atoms with E-state index < -0.39 is 6.03 Å². The number of benzene rings is 2. The smallest absolute Gasteiger partial charge is 0.324 e. The van der Waals surface area contributed by atoms with Gasteiger partial charge in [0.15, 0.2) is 0 Å². The Morgan fingerprint density at radius 2 is 2.04 bits per heavy atom. The molecule has 27 heavy (non-hydrogen) atoms. The van der Waals surface area contributed by atoms with E-state index in [0.717, 1.165) is 16.0 Å². The van der Waals surface area contributed by atoms with E-state index in [9.17, 15) is 14.4 Å². The molecule has 1 fully saturated rings. The van der Waals surface area contributed by atoms with E-state index >= 15 is 0 Å². The maximum absolute atomic E-state index is 12.2. The van der Waals surface area contributed by atoms with E-state index in [1.165, 1.54) is 6.08 Å². The zero-order valence-electron chi connectivity index (χ0n) is 14.8. The molecule has 1 aliphatic heterocycles. The fraction of sp³-hybridized carbons (Fsp3) is 0.150. The normalized spacial score (nSPS) is 13.7. The van der Waals surface area contributed by atoms with Crippen molar-refractivity contribution in [2.75, 3.05) is 19.0 Å². The average molecular weight is 365 g/mol. The number of nitrogens with one attached hydrogen (secondary N) is 2. The van der Waals surface area contributed by atoms with Gasteiger partial charge in [-0.15, -0.1) is 0 Å². The minimum Gasteiger partial charge on any atom is -0.496 e. The topological polar surface area (TPSA) is 87.7 Å². The number of para-hydroxylation sites is 1. The van der Waals surface area contributed by atoms with Crippen molar-refractivity contribution < 1.29 is 19.1 Å². The highest BCUT2D eigenvalue weighted by Crippen LogP contribution is 2.19. The van der Waals surface area contributed by atoms with Crippen LogP contribution in [0.2, 0.25) is 0 Å². The summed E-state index contributed by atoms with van der Waals surface area (Å²) in [5.41, 5.74) is 2.11. The van der Waals surface area contributed by atoms with Gasteiger partial charge >= 0.3 is 6.03 Å². The molecule has 2 aromatic carbocycles. The number of imide groups is 1. The maximum atomic E-state index is 12.2. The molecule has 7 nitrogen and oxygen atoms in total. The molecule has 1 saturated heterocycles. The van der Waals surface area contributed by atoms with Gasteiger partial charge in [0.25, 0.3) is 0 Å². The van der Waals surface area contributed by atoms with Gasteiger partial charge in [0.2, 0.25) is 11.8 Å². The molecular formula is C20H19N3O4. The Kier molecular flexibility index (Phi) is 5.51. The van der Waals surface area contributed by atoms with Gasteiger partial charge in [0.05, 0.1) is 20.2 Å². The lowest BCUT2D eigenvalue weighted by molar-refractivity contribution is -0.125.